The number of rotatable bonds is 39. The lowest BCUT2D eigenvalue weighted by atomic mass is 9.65. The molecule has 0 nitrogen and oxygen atoms in total. The largest absolute Gasteiger partial charge is 0.0885 e. The lowest BCUT2D eigenvalue weighted by Crippen LogP contribution is -2.31. The molecule has 0 aliphatic heterocycles. The third-order valence-electron chi connectivity index (χ3n) is 15.4. The van der Waals surface area contributed by atoms with Gasteiger partial charge in [0.1, 0.15) is 0 Å². The van der Waals surface area contributed by atoms with Gasteiger partial charge in [0, 0.05) is 0 Å². The first-order valence-corrected chi connectivity index (χ1v) is 30.5. The summed E-state index contributed by atoms with van der Waals surface area (Å²) >= 11 is 0. The Labute approximate surface area is 421 Å². The molecule has 0 saturated carbocycles. The third kappa shape index (κ3) is 43.5. The van der Waals surface area contributed by atoms with Gasteiger partial charge in [-0.2, -0.15) is 0 Å². The average Bonchev–Trinajstić information content (AvgIpc) is 3.22. The second-order valence-corrected chi connectivity index (χ2v) is 27.5. The van der Waals surface area contributed by atoms with Crippen LogP contribution in [0.4, 0.5) is 0 Å². The van der Waals surface area contributed by atoms with Crippen molar-refractivity contribution < 1.29 is 0 Å². The Kier molecular flexibility index (Phi) is 39.8. The Balaban J connectivity index is 0.00000161. The maximum Gasteiger partial charge on any atom is -0.0199 e. The highest BCUT2D eigenvalue weighted by atomic mass is 14.4. The van der Waals surface area contributed by atoms with Gasteiger partial charge < -0.3 is 0 Å². The highest BCUT2D eigenvalue weighted by molar-refractivity contribution is 5.07. The van der Waals surface area contributed by atoms with E-state index in [9.17, 15) is 0 Å². The molecular formula is C66H130. The zero-order valence-electron chi connectivity index (χ0n) is 49.1. The first kappa shape index (κ1) is 65.5. The molecule has 0 aromatic rings. The van der Waals surface area contributed by atoms with Crippen molar-refractivity contribution in [3.63, 3.8) is 0 Å². The molecule has 0 radical (unpaired) electrons. The molecule has 5 unspecified atom stereocenters. The summed E-state index contributed by atoms with van der Waals surface area (Å²) < 4.78 is 0. The van der Waals surface area contributed by atoms with Gasteiger partial charge in [0.05, 0.1) is 0 Å². The van der Waals surface area contributed by atoms with E-state index in [2.05, 4.69) is 128 Å². The first-order valence-electron chi connectivity index (χ1n) is 30.5. The number of allylic oxidation sites excluding steroid dienone is 4. The predicted octanol–water partition coefficient (Wildman–Crippen LogP) is 24.2. The van der Waals surface area contributed by atoms with E-state index in [1.165, 1.54) is 244 Å². The summed E-state index contributed by atoms with van der Waals surface area (Å²) in [5.74, 6) is 4.38. The summed E-state index contributed by atoms with van der Waals surface area (Å²) in [6.45, 7) is 35.6. The van der Waals surface area contributed by atoms with Gasteiger partial charge in [-0.3, -0.25) is 0 Å². The predicted molar refractivity (Wildman–Crippen MR) is 306 cm³/mol. The zero-order valence-corrected chi connectivity index (χ0v) is 49.1. The first-order chi connectivity index (χ1) is 31.2. The van der Waals surface area contributed by atoms with E-state index < -0.39 is 0 Å². The molecule has 0 aromatic carbocycles. The van der Waals surface area contributed by atoms with Gasteiger partial charge in [0.2, 0.25) is 0 Å². The molecule has 5 atom stereocenters. The van der Waals surface area contributed by atoms with Crippen molar-refractivity contribution >= 4 is 0 Å². The van der Waals surface area contributed by atoms with E-state index in [0.717, 1.165) is 29.6 Å². The van der Waals surface area contributed by atoms with Crippen LogP contribution in [-0.2, 0) is 0 Å². The van der Waals surface area contributed by atoms with Crippen LogP contribution in [0.5, 0.6) is 0 Å². The normalized spacial score (nSPS) is 18.8. The lowest BCUT2D eigenvalue weighted by Gasteiger charge is -2.40. The maximum atomic E-state index is 2.74. The van der Waals surface area contributed by atoms with Crippen LogP contribution in [0.25, 0.3) is 0 Å². The lowest BCUT2D eigenvalue weighted by molar-refractivity contribution is 0.159. The third-order valence-corrected chi connectivity index (χ3v) is 15.4. The van der Waals surface area contributed by atoms with Crippen LogP contribution in [0.3, 0.4) is 0 Å². The summed E-state index contributed by atoms with van der Waals surface area (Å²) in [6, 6.07) is 0. The smallest absolute Gasteiger partial charge is 0.0199 e. The van der Waals surface area contributed by atoms with Gasteiger partial charge in [0.25, 0.3) is 0 Å². The summed E-state index contributed by atoms with van der Waals surface area (Å²) in [6.07, 6.45) is 64.6. The standard InChI is InChI=1S/C44H84.C22H46/c1-9-11-13-15-21-27-33-41-39(31-25-14-12-10-2)35-36-40(32-26-20-16-18-23-29-37-43(3,4)5)42(41)34-28-22-17-19-24-30-38-44(6,7)8;1-8-20(19-22(5,6)7)17-15-13-11-9-10-12-14-16-18-21(2,3)4/h21,27,35-36,39-42H,9-20,22-26,28-34,37-38H2,1-8H3;20H,8-19H2,1-7H3/b27-21+;. The van der Waals surface area contributed by atoms with Crippen LogP contribution >= 0.6 is 0 Å². The van der Waals surface area contributed by atoms with Gasteiger partial charge in [-0.05, 0) is 115 Å². The number of hydrogen-bond donors (Lipinski definition) is 0. The van der Waals surface area contributed by atoms with Crippen LogP contribution in [-0.4, -0.2) is 0 Å². The second kappa shape index (κ2) is 40.1. The average molecular weight is 924 g/mol. The van der Waals surface area contributed by atoms with E-state index in [0.29, 0.717) is 21.7 Å². The Morgan fingerprint density at radius 3 is 1.14 bits per heavy atom. The van der Waals surface area contributed by atoms with Gasteiger partial charge >= 0.3 is 0 Å². The van der Waals surface area contributed by atoms with Crippen LogP contribution in [0.1, 0.15) is 348 Å². The van der Waals surface area contributed by atoms with E-state index in [4.69, 9.17) is 0 Å². The number of unbranched alkanes of at least 4 members (excludes halogenated alkanes) is 23. The van der Waals surface area contributed by atoms with Crippen molar-refractivity contribution in [3.05, 3.63) is 24.3 Å². The summed E-state index contributed by atoms with van der Waals surface area (Å²) in [5, 5.41) is 0. The molecule has 0 fully saturated rings. The SMILES string of the molecule is CCC(CCCCCCCCCCC(C)(C)C)CC(C)(C)C.CCCCC/C=C/CC1C(CCCCCC)C=CC(CCCCCCCCC(C)(C)C)C1CCCCCCCCC(C)(C)C. The van der Waals surface area contributed by atoms with Gasteiger partial charge in [-0.25, -0.2) is 0 Å². The van der Waals surface area contributed by atoms with Crippen molar-refractivity contribution in [1.82, 2.24) is 0 Å². The van der Waals surface area contributed by atoms with Crippen molar-refractivity contribution in [2.24, 2.45) is 51.2 Å². The van der Waals surface area contributed by atoms with Crippen LogP contribution in [0, 0.1) is 51.2 Å². The number of hydrogen-bond acceptors (Lipinski definition) is 0. The minimum Gasteiger partial charge on any atom is -0.0885 e. The molecular weight excluding hydrogens is 793 g/mol. The fourth-order valence-electron chi connectivity index (χ4n) is 11.2. The molecule has 0 saturated heterocycles. The van der Waals surface area contributed by atoms with Gasteiger partial charge in [-0.15, -0.1) is 0 Å². The fraction of sp³-hybridized carbons (Fsp3) is 0.939. The minimum atomic E-state index is 0.502. The molecule has 0 aromatic heterocycles. The molecule has 0 spiro atoms. The Morgan fingerprint density at radius 2 is 0.727 bits per heavy atom. The van der Waals surface area contributed by atoms with Crippen molar-refractivity contribution in [3.8, 4) is 0 Å². The fourth-order valence-corrected chi connectivity index (χ4v) is 11.2. The van der Waals surface area contributed by atoms with Crippen molar-refractivity contribution in [2.75, 3.05) is 0 Å². The summed E-state index contributed by atoms with van der Waals surface area (Å²) in [5.41, 5.74) is 2.04. The second-order valence-electron chi connectivity index (χ2n) is 27.5. The summed E-state index contributed by atoms with van der Waals surface area (Å²) in [7, 11) is 0. The minimum absolute atomic E-state index is 0.502. The molecule has 0 N–H and O–H groups in total. The zero-order chi connectivity index (χ0) is 49.6. The van der Waals surface area contributed by atoms with Crippen molar-refractivity contribution in [2.45, 2.75) is 348 Å². The van der Waals surface area contributed by atoms with Crippen LogP contribution in [0.15, 0.2) is 24.3 Å². The molecule has 66 heavy (non-hydrogen) atoms. The Bertz CT molecular complexity index is 1080. The monoisotopic (exact) mass is 923 g/mol. The van der Waals surface area contributed by atoms with Crippen LogP contribution < -0.4 is 0 Å². The van der Waals surface area contributed by atoms with E-state index >= 15 is 0 Å². The van der Waals surface area contributed by atoms with Gasteiger partial charge in [-0.1, -0.05) is 308 Å². The Morgan fingerprint density at radius 1 is 0.364 bits per heavy atom. The summed E-state index contributed by atoms with van der Waals surface area (Å²) in [4.78, 5) is 0. The quantitative estimate of drug-likeness (QED) is 0.0426. The van der Waals surface area contributed by atoms with Crippen molar-refractivity contribution in [1.29, 1.82) is 0 Å². The highest BCUT2D eigenvalue weighted by Gasteiger charge is 2.34. The van der Waals surface area contributed by atoms with Gasteiger partial charge in [0.15, 0.2) is 0 Å². The van der Waals surface area contributed by atoms with E-state index in [1.54, 1.807) is 0 Å². The molecule has 0 bridgehead atoms. The molecule has 394 valence electrons. The van der Waals surface area contributed by atoms with Crippen LogP contribution in [0.2, 0.25) is 0 Å². The topological polar surface area (TPSA) is 0 Å². The molecule has 0 heteroatoms. The molecule has 0 amide bonds. The maximum absolute atomic E-state index is 2.74. The molecule has 0 heterocycles. The molecule has 1 aliphatic carbocycles. The molecule has 1 aliphatic rings. The highest BCUT2D eigenvalue weighted by Crippen LogP contribution is 2.44. The van der Waals surface area contributed by atoms with E-state index in [-0.39, 0.29) is 0 Å². The van der Waals surface area contributed by atoms with E-state index in [1.807, 2.05) is 0 Å². The molecule has 1 rings (SSSR count). The Hall–Kier alpha value is -0.520.